The fourth-order valence-corrected chi connectivity index (χ4v) is 1.54. The molecule has 72 valence electrons. The molecule has 0 aliphatic carbocycles. The highest BCUT2D eigenvalue weighted by Gasteiger charge is 2.30. The topological polar surface area (TPSA) is 32.7 Å². The molecule has 1 rings (SSSR count). The Balaban J connectivity index is 2.51. The summed E-state index contributed by atoms with van der Waals surface area (Å²) in [4.78, 5) is 2.32. The number of hydrogen-bond acceptors (Lipinski definition) is 3. The molecule has 1 aliphatic rings. The van der Waals surface area contributed by atoms with E-state index in [0.29, 0.717) is 0 Å². The van der Waals surface area contributed by atoms with Crippen LogP contribution >= 0.6 is 0 Å². The number of nitrogens with zero attached hydrogens (tertiary/aromatic N) is 1. The van der Waals surface area contributed by atoms with Gasteiger partial charge in [0.1, 0.15) is 0 Å². The van der Waals surface area contributed by atoms with Gasteiger partial charge in [-0.2, -0.15) is 0 Å². The lowest BCUT2D eigenvalue weighted by molar-refractivity contribution is -0.0379. The van der Waals surface area contributed by atoms with E-state index in [0.717, 1.165) is 32.7 Å². The van der Waals surface area contributed by atoms with Crippen molar-refractivity contribution in [2.45, 2.75) is 25.8 Å². The molecular weight excluding hydrogens is 154 g/mol. The van der Waals surface area contributed by atoms with E-state index in [1.807, 2.05) is 0 Å². The van der Waals surface area contributed by atoms with Crippen LogP contribution in [0.25, 0.3) is 0 Å². The molecular formula is C9H19NO2. The molecule has 0 aromatic rings. The van der Waals surface area contributed by atoms with Crippen molar-refractivity contribution in [2.75, 3.05) is 32.9 Å². The highest BCUT2D eigenvalue weighted by molar-refractivity contribution is 4.85. The summed E-state index contributed by atoms with van der Waals surface area (Å²) in [7, 11) is 0. The second-order valence-corrected chi connectivity index (χ2v) is 3.61. The summed E-state index contributed by atoms with van der Waals surface area (Å²) in [6, 6.07) is 0. The van der Waals surface area contributed by atoms with Gasteiger partial charge < -0.3 is 9.84 Å². The van der Waals surface area contributed by atoms with Gasteiger partial charge in [0.25, 0.3) is 0 Å². The standard InChI is InChI=1S/C9H19NO2/c1-3-9(2,8-11)10-4-6-12-7-5-10/h11H,3-8H2,1-2H3. The molecule has 0 bridgehead atoms. The molecule has 1 atom stereocenters. The number of ether oxygens (including phenoxy) is 1. The van der Waals surface area contributed by atoms with Crippen LogP contribution in [0.2, 0.25) is 0 Å². The van der Waals surface area contributed by atoms with E-state index in [2.05, 4.69) is 18.7 Å². The van der Waals surface area contributed by atoms with Crippen molar-refractivity contribution in [1.82, 2.24) is 4.90 Å². The molecule has 0 spiro atoms. The number of aliphatic hydroxyl groups excluding tert-OH is 1. The monoisotopic (exact) mass is 173 g/mol. The van der Waals surface area contributed by atoms with Gasteiger partial charge in [-0.05, 0) is 13.3 Å². The van der Waals surface area contributed by atoms with Crippen LogP contribution in [0, 0.1) is 0 Å². The van der Waals surface area contributed by atoms with E-state index in [4.69, 9.17) is 4.74 Å². The minimum absolute atomic E-state index is 0.0379. The largest absolute Gasteiger partial charge is 0.394 e. The Morgan fingerprint density at radius 1 is 1.42 bits per heavy atom. The van der Waals surface area contributed by atoms with Gasteiger partial charge in [-0.3, -0.25) is 4.90 Å². The smallest absolute Gasteiger partial charge is 0.0612 e. The van der Waals surface area contributed by atoms with Crippen molar-refractivity contribution >= 4 is 0 Å². The van der Waals surface area contributed by atoms with Crippen LogP contribution in [0.15, 0.2) is 0 Å². The van der Waals surface area contributed by atoms with Crippen LogP contribution in [-0.4, -0.2) is 48.5 Å². The van der Waals surface area contributed by atoms with Crippen LogP contribution in [0.1, 0.15) is 20.3 Å². The summed E-state index contributed by atoms with van der Waals surface area (Å²) in [6.07, 6.45) is 0.990. The fourth-order valence-electron chi connectivity index (χ4n) is 1.54. The maximum atomic E-state index is 9.26. The average molecular weight is 173 g/mol. The Hall–Kier alpha value is -0.120. The third-order valence-electron chi connectivity index (χ3n) is 2.88. The molecule has 1 unspecified atom stereocenters. The Morgan fingerprint density at radius 2 is 2.00 bits per heavy atom. The van der Waals surface area contributed by atoms with Gasteiger partial charge in [0.05, 0.1) is 19.8 Å². The quantitative estimate of drug-likeness (QED) is 0.674. The van der Waals surface area contributed by atoms with E-state index < -0.39 is 0 Å². The van der Waals surface area contributed by atoms with Crippen LogP contribution < -0.4 is 0 Å². The summed E-state index contributed by atoms with van der Waals surface area (Å²) < 4.78 is 5.26. The van der Waals surface area contributed by atoms with Gasteiger partial charge in [0.15, 0.2) is 0 Å². The van der Waals surface area contributed by atoms with Crippen LogP contribution in [0.3, 0.4) is 0 Å². The predicted octanol–water partition coefficient (Wildman–Crippen LogP) is 0.480. The van der Waals surface area contributed by atoms with Crippen molar-refractivity contribution < 1.29 is 9.84 Å². The molecule has 1 N–H and O–H groups in total. The predicted molar refractivity (Wildman–Crippen MR) is 48.2 cm³/mol. The Morgan fingerprint density at radius 3 is 2.42 bits per heavy atom. The summed E-state index contributed by atoms with van der Waals surface area (Å²) in [5.74, 6) is 0. The Bertz CT molecular complexity index is 128. The summed E-state index contributed by atoms with van der Waals surface area (Å²) in [5.41, 5.74) is -0.0379. The molecule has 0 saturated carbocycles. The van der Waals surface area contributed by atoms with E-state index >= 15 is 0 Å². The van der Waals surface area contributed by atoms with Crippen LogP contribution in [0.5, 0.6) is 0 Å². The lowest BCUT2D eigenvalue weighted by atomic mass is 9.97. The lowest BCUT2D eigenvalue weighted by Crippen LogP contribution is -2.53. The van der Waals surface area contributed by atoms with E-state index in [9.17, 15) is 5.11 Å². The molecule has 3 nitrogen and oxygen atoms in total. The van der Waals surface area contributed by atoms with Crippen LogP contribution in [-0.2, 0) is 4.74 Å². The average Bonchev–Trinajstić information content (AvgIpc) is 2.18. The zero-order valence-electron chi connectivity index (χ0n) is 8.05. The fraction of sp³-hybridized carbons (Fsp3) is 1.00. The molecule has 0 aromatic carbocycles. The van der Waals surface area contributed by atoms with Gasteiger partial charge in [-0.1, -0.05) is 6.92 Å². The molecule has 12 heavy (non-hydrogen) atoms. The van der Waals surface area contributed by atoms with Crippen molar-refractivity contribution in [3.8, 4) is 0 Å². The SMILES string of the molecule is CCC(C)(CO)N1CCOCC1. The van der Waals surface area contributed by atoms with E-state index in [1.165, 1.54) is 0 Å². The van der Waals surface area contributed by atoms with Gasteiger partial charge in [-0.15, -0.1) is 0 Å². The third-order valence-corrected chi connectivity index (χ3v) is 2.88. The molecule has 1 aliphatic heterocycles. The first kappa shape index (κ1) is 9.96. The molecule has 1 saturated heterocycles. The van der Waals surface area contributed by atoms with E-state index in [1.54, 1.807) is 0 Å². The number of aliphatic hydroxyl groups is 1. The molecule has 0 radical (unpaired) electrons. The number of morpholine rings is 1. The normalized spacial score (nSPS) is 25.2. The minimum Gasteiger partial charge on any atom is -0.394 e. The van der Waals surface area contributed by atoms with E-state index in [-0.39, 0.29) is 12.1 Å². The van der Waals surface area contributed by atoms with Crippen molar-refractivity contribution in [3.63, 3.8) is 0 Å². The van der Waals surface area contributed by atoms with Gasteiger partial charge in [0.2, 0.25) is 0 Å². The first-order valence-electron chi connectivity index (χ1n) is 4.66. The van der Waals surface area contributed by atoms with Gasteiger partial charge in [-0.25, -0.2) is 0 Å². The molecule has 3 heteroatoms. The second kappa shape index (κ2) is 4.21. The molecule has 1 heterocycles. The summed E-state index contributed by atoms with van der Waals surface area (Å²) >= 11 is 0. The van der Waals surface area contributed by atoms with Crippen molar-refractivity contribution in [1.29, 1.82) is 0 Å². The molecule has 0 aromatic heterocycles. The lowest BCUT2D eigenvalue weighted by Gasteiger charge is -2.41. The maximum Gasteiger partial charge on any atom is 0.0612 e. The summed E-state index contributed by atoms with van der Waals surface area (Å²) in [6.45, 7) is 7.97. The minimum atomic E-state index is -0.0379. The highest BCUT2D eigenvalue weighted by Crippen LogP contribution is 2.19. The van der Waals surface area contributed by atoms with Crippen LogP contribution in [0.4, 0.5) is 0 Å². The maximum absolute atomic E-state index is 9.26. The zero-order valence-corrected chi connectivity index (χ0v) is 8.05. The van der Waals surface area contributed by atoms with Gasteiger partial charge >= 0.3 is 0 Å². The third kappa shape index (κ3) is 1.97. The first-order chi connectivity index (χ1) is 5.73. The number of hydrogen-bond donors (Lipinski definition) is 1. The highest BCUT2D eigenvalue weighted by atomic mass is 16.5. The van der Waals surface area contributed by atoms with Crippen molar-refractivity contribution in [3.05, 3.63) is 0 Å². The molecule has 0 amide bonds. The summed E-state index contributed by atoms with van der Waals surface area (Å²) in [5, 5.41) is 9.26. The Labute approximate surface area is 74.3 Å². The first-order valence-corrected chi connectivity index (χ1v) is 4.66. The number of rotatable bonds is 3. The van der Waals surface area contributed by atoms with Gasteiger partial charge in [0, 0.05) is 18.6 Å². The zero-order chi connectivity index (χ0) is 9.03. The second-order valence-electron chi connectivity index (χ2n) is 3.61. The molecule has 1 fully saturated rings. The van der Waals surface area contributed by atoms with Crippen molar-refractivity contribution in [2.24, 2.45) is 0 Å². The Kier molecular flexibility index (Phi) is 3.50.